The van der Waals surface area contributed by atoms with Crippen LogP contribution in [0, 0.1) is 13.8 Å². The molecule has 0 saturated carbocycles. The Labute approximate surface area is 186 Å². The summed E-state index contributed by atoms with van der Waals surface area (Å²) in [5.41, 5.74) is 3.19. The van der Waals surface area contributed by atoms with Gasteiger partial charge in [-0.1, -0.05) is 56.3 Å². The van der Waals surface area contributed by atoms with E-state index in [1.54, 1.807) is 4.90 Å². The van der Waals surface area contributed by atoms with Gasteiger partial charge in [0.1, 0.15) is 11.8 Å². The van der Waals surface area contributed by atoms with Gasteiger partial charge in [-0.3, -0.25) is 9.59 Å². The molecule has 0 bridgehead atoms. The number of aryl methyl sites for hydroxylation is 2. The Morgan fingerprint density at radius 2 is 1.74 bits per heavy atom. The zero-order valence-electron chi connectivity index (χ0n) is 19.5. The van der Waals surface area contributed by atoms with Crippen molar-refractivity contribution >= 4 is 11.8 Å². The van der Waals surface area contributed by atoms with Crippen LogP contribution < -0.4 is 10.1 Å². The second-order valence-corrected chi connectivity index (χ2v) is 8.12. The lowest BCUT2D eigenvalue weighted by molar-refractivity contribution is -0.142. The van der Waals surface area contributed by atoms with E-state index in [2.05, 4.69) is 5.32 Å². The van der Waals surface area contributed by atoms with Gasteiger partial charge in [0.15, 0.2) is 6.61 Å². The molecule has 0 unspecified atom stereocenters. The molecule has 0 aliphatic carbocycles. The first kappa shape index (κ1) is 24.4. The Kier molecular flexibility index (Phi) is 9.57. The molecule has 5 heteroatoms. The number of benzene rings is 2. The molecule has 0 aliphatic rings. The summed E-state index contributed by atoms with van der Waals surface area (Å²) in [4.78, 5) is 27.8. The monoisotopic (exact) mass is 424 g/mol. The molecular formula is C26H36N2O3. The maximum absolute atomic E-state index is 13.2. The molecule has 5 nitrogen and oxygen atoms in total. The maximum atomic E-state index is 13.2. The van der Waals surface area contributed by atoms with Crippen molar-refractivity contribution in [2.45, 2.75) is 66.0 Å². The Morgan fingerprint density at radius 3 is 2.39 bits per heavy atom. The lowest BCUT2D eigenvalue weighted by Crippen LogP contribution is -2.52. The van der Waals surface area contributed by atoms with Gasteiger partial charge in [-0.15, -0.1) is 0 Å². The SMILES string of the molecule is CC[C@@H](C)NC(=O)[C@H](CC)N(CCc1ccccc1)C(=O)COc1cc(C)ccc1C. The van der Waals surface area contributed by atoms with E-state index in [0.29, 0.717) is 25.1 Å². The van der Waals surface area contributed by atoms with Crippen molar-refractivity contribution < 1.29 is 14.3 Å². The fraction of sp³-hybridized carbons (Fsp3) is 0.462. The number of nitrogens with one attached hydrogen (secondary N) is 1. The summed E-state index contributed by atoms with van der Waals surface area (Å²) in [5.74, 6) is 0.418. The van der Waals surface area contributed by atoms with Crippen LogP contribution in [0.2, 0.25) is 0 Å². The number of ether oxygens (including phenoxy) is 1. The van der Waals surface area contributed by atoms with Crippen molar-refractivity contribution in [2.24, 2.45) is 0 Å². The molecule has 0 radical (unpaired) electrons. The minimum atomic E-state index is -0.521. The second-order valence-electron chi connectivity index (χ2n) is 8.12. The number of carbonyl (C=O) groups excluding carboxylic acids is 2. The number of rotatable bonds is 11. The second kappa shape index (κ2) is 12.1. The molecule has 0 fully saturated rings. The van der Waals surface area contributed by atoms with Crippen molar-refractivity contribution in [3.63, 3.8) is 0 Å². The molecule has 2 rings (SSSR count). The Bertz CT molecular complexity index is 851. The Balaban J connectivity index is 2.16. The maximum Gasteiger partial charge on any atom is 0.261 e. The van der Waals surface area contributed by atoms with Crippen LogP contribution in [0.4, 0.5) is 0 Å². The van der Waals surface area contributed by atoms with Crippen LogP contribution in [-0.4, -0.2) is 41.9 Å². The van der Waals surface area contributed by atoms with Gasteiger partial charge < -0.3 is 15.0 Å². The lowest BCUT2D eigenvalue weighted by Gasteiger charge is -2.31. The van der Waals surface area contributed by atoms with Crippen LogP contribution in [0.25, 0.3) is 0 Å². The van der Waals surface area contributed by atoms with E-state index in [1.165, 1.54) is 0 Å². The van der Waals surface area contributed by atoms with Crippen molar-refractivity contribution in [3.05, 3.63) is 65.2 Å². The van der Waals surface area contributed by atoms with E-state index in [9.17, 15) is 9.59 Å². The molecule has 0 aliphatic heterocycles. The van der Waals surface area contributed by atoms with Crippen molar-refractivity contribution in [1.29, 1.82) is 0 Å². The van der Waals surface area contributed by atoms with Gasteiger partial charge in [-0.25, -0.2) is 0 Å². The highest BCUT2D eigenvalue weighted by Gasteiger charge is 2.29. The van der Waals surface area contributed by atoms with Gasteiger partial charge in [0.2, 0.25) is 5.91 Å². The van der Waals surface area contributed by atoms with E-state index in [1.807, 2.05) is 83.1 Å². The predicted molar refractivity (Wildman–Crippen MR) is 125 cm³/mol. The van der Waals surface area contributed by atoms with Crippen molar-refractivity contribution in [1.82, 2.24) is 10.2 Å². The first-order chi connectivity index (χ1) is 14.8. The van der Waals surface area contributed by atoms with Crippen LogP contribution in [0.15, 0.2) is 48.5 Å². The van der Waals surface area contributed by atoms with E-state index >= 15 is 0 Å². The van der Waals surface area contributed by atoms with Gasteiger partial charge in [0.25, 0.3) is 5.91 Å². The third-order valence-corrected chi connectivity index (χ3v) is 5.57. The molecule has 2 aromatic carbocycles. The van der Waals surface area contributed by atoms with Crippen LogP contribution >= 0.6 is 0 Å². The summed E-state index contributed by atoms with van der Waals surface area (Å²) in [5, 5.41) is 3.03. The first-order valence-electron chi connectivity index (χ1n) is 11.2. The molecule has 168 valence electrons. The highest BCUT2D eigenvalue weighted by Crippen LogP contribution is 2.19. The normalized spacial score (nSPS) is 12.7. The molecule has 0 heterocycles. The fourth-order valence-electron chi connectivity index (χ4n) is 3.42. The molecule has 2 amide bonds. The molecule has 0 spiro atoms. The molecule has 0 saturated heterocycles. The molecule has 31 heavy (non-hydrogen) atoms. The molecule has 0 aromatic heterocycles. The average molecular weight is 425 g/mol. The average Bonchev–Trinajstić information content (AvgIpc) is 2.77. The quantitative estimate of drug-likeness (QED) is 0.580. The summed E-state index contributed by atoms with van der Waals surface area (Å²) in [6, 6.07) is 15.5. The summed E-state index contributed by atoms with van der Waals surface area (Å²) in [7, 11) is 0. The van der Waals surface area contributed by atoms with Crippen LogP contribution in [-0.2, 0) is 16.0 Å². The van der Waals surface area contributed by atoms with E-state index in [-0.39, 0.29) is 24.5 Å². The van der Waals surface area contributed by atoms with Crippen LogP contribution in [0.1, 0.15) is 50.3 Å². The summed E-state index contributed by atoms with van der Waals surface area (Å²) < 4.78 is 5.87. The van der Waals surface area contributed by atoms with Gasteiger partial charge in [0.05, 0.1) is 0 Å². The minimum Gasteiger partial charge on any atom is -0.483 e. The highest BCUT2D eigenvalue weighted by atomic mass is 16.5. The van der Waals surface area contributed by atoms with Gasteiger partial charge in [-0.05, 0) is 62.8 Å². The fourth-order valence-corrected chi connectivity index (χ4v) is 3.42. The lowest BCUT2D eigenvalue weighted by atomic mass is 10.1. The van der Waals surface area contributed by atoms with Crippen molar-refractivity contribution in [2.75, 3.05) is 13.2 Å². The highest BCUT2D eigenvalue weighted by molar-refractivity contribution is 5.88. The smallest absolute Gasteiger partial charge is 0.261 e. The Morgan fingerprint density at radius 1 is 1.03 bits per heavy atom. The third-order valence-electron chi connectivity index (χ3n) is 5.57. The summed E-state index contributed by atoms with van der Waals surface area (Å²) >= 11 is 0. The number of carbonyl (C=O) groups is 2. The summed E-state index contributed by atoms with van der Waals surface area (Å²) in [6.07, 6.45) is 2.07. The van der Waals surface area contributed by atoms with Gasteiger partial charge >= 0.3 is 0 Å². The third kappa shape index (κ3) is 7.42. The zero-order valence-corrected chi connectivity index (χ0v) is 19.5. The number of amides is 2. The topological polar surface area (TPSA) is 58.6 Å². The van der Waals surface area contributed by atoms with E-state index in [4.69, 9.17) is 4.74 Å². The van der Waals surface area contributed by atoms with Gasteiger partial charge in [0, 0.05) is 12.6 Å². The summed E-state index contributed by atoms with van der Waals surface area (Å²) in [6.45, 7) is 10.3. The molecule has 2 atom stereocenters. The standard InChI is InChI=1S/C26H36N2O3/c1-6-21(5)27-26(30)23(7-2)28(16-15-22-11-9-8-10-12-22)25(29)18-31-24-17-19(3)13-14-20(24)4/h8-14,17,21,23H,6-7,15-16,18H2,1-5H3,(H,27,30)/t21-,23+/m1/s1. The molecule has 1 N–H and O–H groups in total. The number of nitrogens with zero attached hydrogens (tertiary/aromatic N) is 1. The first-order valence-corrected chi connectivity index (χ1v) is 11.2. The largest absolute Gasteiger partial charge is 0.483 e. The van der Waals surface area contributed by atoms with E-state index < -0.39 is 6.04 Å². The number of hydrogen-bond donors (Lipinski definition) is 1. The molecular weight excluding hydrogens is 388 g/mol. The predicted octanol–water partition coefficient (Wildman–Crippen LogP) is 4.45. The minimum absolute atomic E-state index is 0.0684. The molecule has 2 aromatic rings. The van der Waals surface area contributed by atoms with Crippen LogP contribution in [0.3, 0.4) is 0 Å². The number of hydrogen-bond acceptors (Lipinski definition) is 3. The van der Waals surface area contributed by atoms with Crippen molar-refractivity contribution in [3.8, 4) is 5.75 Å². The zero-order chi connectivity index (χ0) is 22.8. The van der Waals surface area contributed by atoms with Gasteiger partial charge in [-0.2, -0.15) is 0 Å². The van der Waals surface area contributed by atoms with E-state index in [0.717, 1.165) is 23.1 Å². The van der Waals surface area contributed by atoms with Crippen LogP contribution in [0.5, 0.6) is 5.75 Å². The Hall–Kier alpha value is -2.82.